The van der Waals surface area contributed by atoms with E-state index in [-0.39, 0.29) is 11.5 Å². The molecule has 1 aliphatic carbocycles. The average molecular weight is 308 g/mol. The summed E-state index contributed by atoms with van der Waals surface area (Å²) in [6.07, 6.45) is 3.59. The highest BCUT2D eigenvalue weighted by Crippen LogP contribution is 2.36. The van der Waals surface area contributed by atoms with E-state index in [0.29, 0.717) is 17.3 Å². The van der Waals surface area contributed by atoms with Gasteiger partial charge in [-0.05, 0) is 43.7 Å². The predicted octanol–water partition coefficient (Wildman–Crippen LogP) is 1.67. The van der Waals surface area contributed by atoms with Gasteiger partial charge < -0.3 is 5.11 Å². The third-order valence-electron chi connectivity index (χ3n) is 4.51. The van der Waals surface area contributed by atoms with Crippen molar-refractivity contribution in [3.8, 4) is 0 Å². The molecule has 0 amide bonds. The Bertz CT molecular complexity index is 674. The van der Waals surface area contributed by atoms with Crippen LogP contribution in [0.2, 0.25) is 0 Å². The Morgan fingerprint density at radius 3 is 2.67 bits per heavy atom. The van der Waals surface area contributed by atoms with E-state index in [9.17, 15) is 13.5 Å². The number of sulfonamides is 1. The Balaban J connectivity index is 2.01. The Kier molecular flexibility index (Phi) is 3.53. The lowest BCUT2D eigenvalue weighted by Gasteiger charge is -2.35. The second-order valence-electron chi connectivity index (χ2n) is 6.13. The fourth-order valence-electron chi connectivity index (χ4n) is 3.06. The van der Waals surface area contributed by atoms with E-state index in [1.54, 1.807) is 24.3 Å². The number of aliphatic hydroxyl groups is 1. The summed E-state index contributed by atoms with van der Waals surface area (Å²) >= 11 is 0. The number of benzene rings is 1. The third kappa shape index (κ3) is 2.58. The van der Waals surface area contributed by atoms with Gasteiger partial charge in [-0.2, -0.15) is 0 Å². The van der Waals surface area contributed by atoms with Gasteiger partial charge in [-0.3, -0.25) is 9.71 Å². The molecule has 6 heteroatoms. The molecule has 0 atom stereocenters. The summed E-state index contributed by atoms with van der Waals surface area (Å²) in [5, 5.41) is 9.78. The number of amidine groups is 1. The largest absolute Gasteiger partial charge is 0.394 e. The van der Waals surface area contributed by atoms with Crippen LogP contribution in [0.1, 0.15) is 38.2 Å². The van der Waals surface area contributed by atoms with E-state index in [4.69, 9.17) is 0 Å². The number of nitrogens with one attached hydrogen (secondary N) is 1. The quantitative estimate of drug-likeness (QED) is 0.872. The van der Waals surface area contributed by atoms with Gasteiger partial charge in [0.25, 0.3) is 10.0 Å². The van der Waals surface area contributed by atoms with Gasteiger partial charge >= 0.3 is 0 Å². The second-order valence-corrected chi connectivity index (χ2v) is 7.78. The van der Waals surface area contributed by atoms with Crippen molar-refractivity contribution in [1.29, 1.82) is 0 Å². The molecule has 3 rings (SSSR count). The third-order valence-corrected chi connectivity index (χ3v) is 5.91. The van der Waals surface area contributed by atoms with Crippen LogP contribution in [0.4, 0.5) is 0 Å². The van der Waals surface area contributed by atoms with Gasteiger partial charge in [0.05, 0.1) is 17.0 Å². The fourth-order valence-corrected chi connectivity index (χ4v) is 4.29. The van der Waals surface area contributed by atoms with Gasteiger partial charge in [0, 0.05) is 5.56 Å². The first-order valence-electron chi connectivity index (χ1n) is 7.29. The van der Waals surface area contributed by atoms with Crippen LogP contribution in [0.3, 0.4) is 0 Å². The SMILES string of the molecule is CC1CCC(CO)(N=C2NS(=O)(=O)c3ccccc32)CC1. The molecular weight excluding hydrogens is 288 g/mol. The van der Waals surface area contributed by atoms with Crippen LogP contribution in [-0.2, 0) is 10.0 Å². The molecular formula is C15H20N2O3S. The fraction of sp³-hybridized carbons (Fsp3) is 0.533. The Morgan fingerprint density at radius 2 is 2.00 bits per heavy atom. The molecule has 0 saturated heterocycles. The van der Waals surface area contributed by atoms with E-state index in [1.165, 1.54) is 0 Å². The summed E-state index contributed by atoms with van der Waals surface area (Å²) in [7, 11) is -3.51. The maximum absolute atomic E-state index is 12.1. The minimum Gasteiger partial charge on any atom is -0.394 e. The molecule has 1 saturated carbocycles. The molecule has 21 heavy (non-hydrogen) atoms. The van der Waals surface area contributed by atoms with Crippen LogP contribution < -0.4 is 4.72 Å². The molecule has 114 valence electrons. The highest BCUT2D eigenvalue weighted by molar-refractivity contribution is 7.90. The summed E-state index contributed by atoms with van der Waals surface area (Å²) in [5.74, 6) is 1.01. The van der Waals surface area contributed by atoms with Crippen LogP contribution in [0.5, 0.6) is 0 Å². The van der Waals surface area contributed by atoms with E-state index < -0.39 is 15.6 Å². The van der Waals surface area contributed by atoms with E-state index in [2.05, 4.69) is 16.6 Å². The van der Waals surface area contributed by atoms with Crippen LogP contribution in [0, 0.1) is 5.92 Å². The van der Waals surface area contributed by atoms with Crippen molar-refractivity contribution >= 4 is 15.9 Å². The minimum absolute atomic E-state index is 0.0485. The summed E-state index contributed by atoms with van der Waals surface area (Å²) in [5.41, 5.74) is 0.0471. The molecule has 0 bridgehead atoms. The Labute approximate surface area is 125 Å². The number of aliphatic imine (C=N–C) groups is 1. The Morgan fingerprint density at radius 1 is 1.33 bits per heavy atom. The average Bonchev–Trinajstić information content (AvgIpc) is 2.73. The van der Waals surface area contributed by atoms with Gasteiger partial charge in [-0.1, -0.05) is 19.1 Å². The molecule has 1 fully saturated rings. The lowest BCUT2D eigenvalue weighted by atomic mass is 9.78. The summed E-state index contributed by atoms with van der Waals surface area (Å²) < 4.78 is 26.7. The van der Waals surface area contributed by atoms with Crippen molar-refractivity contribution in [2.24, 2.45) is 10.9 Å². The summed E-state index contributed by atoms with van der Waals surface area (Å²) in [6, 6.07) is 6.83. The first kappa shape index (κ1) is 14.5. The van der Waals surface area contributed by atoms with E-state index in [0.717, 1.165) is 25.7 Å². The molecule has 1 aliphatic heterocycles. The first-order valence-corrected chi connectivity index (χ1v) is 8.77. The lowest BCUT2D eigenvalue weighted by Crippen LogP contribution is -2.38. The molecule has 2 N–H and O–H groups in total. The van der Waals surface area contributed by atoms with Crippen LogP contribution in [-0.4, -0.2) is 31.5 Å². The molecule has 0 unspecified atom stereocenters. The van der Waals surface area contributed by atoms with Crippen molar-refractivity contribution in [1.82, 2.24) is 4.72 Å². The van der Waals surface area contributed by atoms with Crippen molar-refractivity contribution in [3.05, 3.63) is 29.8 Å². The van der Waals surface area contributed by atoms with Gasteiger partial charge in [0.2, 0.25) is 0 Å². The zero-order valence-electron chi connectivity index (χ0n) is 12.0. The monoisotopic (exact) mass is 308 g/mol. The molecule has 0 spiro atoms. The molecule has 0 aromatic heterocycles. The topological polar surface area (TPSA) is 78.8 Å². The number of nitrogens with zero attached hydrogens (tertiary/aromatic N) is 1. The van der Waals surface area contributed by atoms with Crippen LogP contribution >= 0.6 is 0 Å². The summed E-state index contributed by atoms with van der Waals surface area (Å²) in [6.45, 7) is 2.15. The van der Waals surface area contributed by atoms with E-state index in [1.807, 2.05) is 0 Å². The standard InChI is InChI=1S/C15H20N2O3S/c1-11-6-8-15(10-18,9-7-11)16-14-12-4-2-3-5-13(12)21(19,20)17-14/h2-5,11,18H,6-10H2,1H3,(H,16,17). The molecule has 0 radical (unpaired) electrons. The van der Waals surface area contributed by atoms with Gasteiger partial charge in [0.1, 0.15) is 5.84 Å². The zero-order chi connectivity index (χ0) is 15.1. The molecule has 5 nitrogen and oxygen atoms in total. The summed E-state index contributed by atoms with van der Waals surface area (Å²) in [4.78, 5) is 4.90. The zero-order valence-corrected chi connectivity index (χ0v) is 12.9. The number of aliphatic hydroxyl groups excluding tert-OH is 1. The second kappa shape index (κ2) is 5.10. The van der Waals surface area contributed by atoms with Crippen molar-refractivity contribution in [2.75, 3.05) is 6.61 Å². The first-order chi connectivity index (χ1) is 9.96. The van der Waals surface area contributed by atoms with Gasteiger partial charge in [0.15, 0.2) is 0 Å². The highest BCUT2D eigenvalue weighted by atomic mass is 32.2. The van der Waals surface area contributed by atoms with Gasteiger partial charge in [-0.15, -0.1) is 0 Å². The highest BCUT2D eigenvalue weighted by Gasteiger charge is 2.37. The van der Waals surface area contributed by atoms with Crippen molar-refractivity contribution in [2.45, 2.75) is 43.0 Å². The maximum atomic E-state index is 12.1. The molecule has 1 aromatic carbocycles. The molecule has 1 heterocycles. The van der Waals surface area contributed by atoms with Crippen molar-refractivity contribution < 1.29 is 13.5 Å². The predicted molar refractivity (Wildman–Crippen MR) is 80.7 cm³/mol. The smallest absolute Gasteiger partial charge is 0.263 e. The molecule has 1 aromatic rings. The molecule has 2 aliphatic rings. The Hall–Kier alpha value is -1.40. The van der Waals surface area contributed by atoms with Crippen molar-refractivity contribution in [3.63, 3.8) is 0 Å². The normalized spacial score (nSPS) is 32.7. The number of rotatable bonds is 2. The lowest BCUT2D eigenvalue weighted by molar-refractivity contribution is 0.141. The minimum atomic E-state index is -3.51. The van der Waals surface area contributed by atoms with E-state index >= 15 is 0 Å². The number of hydrogen-bond donors (Lipinski definition) is 2. The van der Waals surface area contributed by atoms with Crippen LogP contribution in [0.25, 0.3) is 0 Å². The maximum Gasteiger partial charge on any atom is 0.263 e. The number of hydrogen-bond acceptors (Lipinski definition) is 4. The number of fused-ring (bicyclic) bond motifs is 1. The van der Waals surface area contributed by atoms with Gasteiger partial charge in [-0.25, -0.2) is 8.42 Å². The van der Waals surface area contributed by atoms with Crippen LogP contribution in [0.15, 0.2) is 34.2 Å².